The Labute approximate surface area is 135 Å². The minimum atomic E-state index is 0.257. The summed E-state index contributed by atoms with van der Waals surface area (Å²) in [5.41, 5.74) is 1.24. The number of hydrogen-bond donors (Lipinski definition) is 1. The number of halogens is 1. The van der Waals surface area contributed by atoms with E-state index in [1.54, 1.807) is 11.3 Å². The van der Waals surface area contributed by atoms with Crippen molar-refractivity contribution in [3.63, 3.8) is 0 Å². The summed E-state index contributed by atoms with van der Waals surface area (Å²) in [6, 6.07) is 8.28. The first-order valence-corrected chi connectivity index (χ1v) is 8.62. The second-order valence-corrected chi connectivity index (χ2v) is 7.13. The Morgan fingerprint density at radius 2 is 1.90 bits per heavy atom. The van der Waals surface area contributed by atoms with E-state index >= 15 is 0 Å². The van der Waals surface area contributed by atoms with E-state index < -0.39 is 0 Å². The van der Waals surface area contributed by atoms with E-state index in [4.69, 9.17) is 11.6 Å². The van der Waals surface area contributed by atoms with Crippen molar-refractivity contribution >= 4 is 28.1 Å². The lowest BCUT2D eigenvalue weighted by molar-refractivity contribution is 0.639. The first-order valence-electron chi connectivity index (χ1n) is 7.43. The highest BCUT2D eigenvalue weighted by atomic mass is 35.5. The van der Waals surface area contributed by atoms with Gasteiger partial charge in [0.1, 0.15) is 5.01 Å². The summed E-state index contributed by atoms with van der Waals surface area (Å²) in [4.78, 5) is 0. The molecule has 0 aliphatic carbocycles. The molecule has 1 aromatic carbocycles. The maximum Gasteiger partial charge on any atom is 0.206 e. The molecular weight excluding hydrogens is 302 g/mol. The molecule has 5 heteroatoms. The van der Waals surface area contributed by atoms with Crippen LogP contribution in [0.15, 0.2) is 24.3 Å². The highest BCUT2D eigenvalue weighted by Crippen LogP contribution is 2.27. The van der Waals surface area contributed by atoms with Gasteiger partial charge >= 0.3 is 0 Å². The molecule has 1 atom stereocenters. The molecule has 1 aromatic heterocycles. The van der Waals surface area contributed by atoms with E-state index in [0.717, 1.165) is 34.4 Å². The van der Waals surface area contributed by atoms with Gasteiger partial charge in [0.25, 0.3) is 0 Å². The molecule has 21 heavy (non-hydrogen) atoms. The summed E-state index contributed by atoms with van der Waals surface area (Å²) >= 11 is 7.62. The van der Waals surface area contributed by atoms with Crippen LogP contribution in [0.3, 0.4) is 0 Å². The first-order chi connectivity index (χ1) is 10.1. The van der Waals surface area contributed by atoms with Gasteiger partial charge in [0.2, 0.25) is 5.13 Å². The molecule has 0 bridgehead atoms. The largest absolute Gasteiger partial charge is 0.353 e. The zero-order valence-corrected chi connectivity index (χ0v) is 14.3. The SMILES string of the molecule is CCCC(Nc1nnc(CC(C)C)s1)c1ccc(Cl)cc1. The number of anilines is 1. The fourth-order valence-corrected chi connectivity index (χ4v) is 3.33. The highest BCUT2D eigenvalue weighted by molar-refractivity contribution is 7.15. The van der Waals surface area contributed by atoms with Crippen molar-refractivity contribution in [2.24, 2.45) is 5.92 Å². The van der Waals surface area contributed by atoms with Crippen LogP contribution < -0.4 is 5.32 Å². The lowest BCUT2D eigenvalue weighted by atomic mass is 10.0. The van der Waals surface area contributed by atoms with Crippen LogP contribution in [0, 0.1) is 5.92 Å². The predicted molar refractivity (Wildman–Crippen MR) is 91.2 cm³/mol. The van der Waals surface area contributed by atoms with E-state index in [1.165, 1.54) is 5.56 Å². The van der Waals surface area contributed by atoms with Crippen molar-refractivity contribution in [1.29, 1.82) is 0 Å². The van der Waals surface area contributed by atoms with Gasteiger partial charge in [-0.25, -0.2) is 0 Å². The monoisotopic (exact) mass is 323 g/mol. The number of benzene rings is 1. The van der Waals surface area contributed by atoms with Crippen molar-refractivity contribution in [1.82, 2.24) is 10.2 Å². The van der Waals surface area contributed by atoms with Crippen LogP contribution in [0.4, 0.5) is 5.13 Å². The van der Waals surface area contributed by atoms with E-state index in [0.29, 0.717) is 5.92 Å². The smallest absolute Gasteiger partial charge is 0.206 e. The number of nitrogens with one attached hydrogen (secondary N) is 1. The van der Waals surface area contributed by atoms with E-state index in [2.05, 4.69) is 48.4 Å². The molecular formula is C16H22ClN3S. The molecule has 0 spiro atoms. The van der Waals surface area contributed by atoms with Crippen molar-refractivity contribution in [3.05, 3.63) is 39.9 Å². The fraction of sp³-hybridized carbons (Fsp3) is 0.500. The third-order valence-electron chi connectivity index (χ3n) is 3.20. The molecule has 1 N–H and O–H groups in total. The summed E-state index contributed by atoms with van der Waals surface area (Å²) < 4.78 is 0. The Kier molecular flexibility index (Phi) is 6.00. The van der Waals surface area contributed by atoms with Crippen LogP contribution in [0.1, 0.15) is 50.2 Å². The van der Waals surface area contributed by atoms with Gasteiger partial charge in [-0.2, -0.15) is 0 Å². The number of hydrogen-bond acceptors (Lipinski definition) is 4. The molecule has 0 aliphatic heterocycles. The second kappa shape index (κ2) is 7.76. The number of rotatable bonds is 7. The third-order valence-corrected chi connectivity index (χ3v) is 4.33. The molecule has 1 heterocycles. The molecule has 0 saturated heterocycles. The molecule has 0 amide bonds. The molecule has 2 rings (SSSR count). The molecule has 0 aliphatic rings. The van der Waals surface area contributed by atoms with Gasteiger partial charge in [0.15, 0.2) is 0 Å². The predicted octanol–water partition coefficient (Wildman–Crippen LogP) is 5.34. The molecule has 1 unspecified atom stereocenters. The lowest BCUT2D eigenvalue weighted by Crippen LogP contribution is -2.10. The summed E-state index contributed by atoms with van der Waals surface area (Å²) in [7, 11) is 0. The average Bonchev–Trinajstić information content (AvgIpc) is 2.85. The van der Waals surface area contributed by atoms with Crippen molar-refractivity contribution in [2.75, 3.05) is 5.32 Å². The maximum atomic E-state index is 5.96. The quantitative estimate of drug-likeness (QED) is 0.747. The van der Waals surface area contributed by atoms with E-state index in [9.17, 15) is 0 Å². The van der Waals surface area contributed by atoms with Gasteiger partial charge in [-0.05, 0) is 30.0 Å². The second-order valence-electron chi connectivity index (χ2n) is 5.64. The van der Waals surface area contributed by atoms with Gasteiger partial charge < -0.3 is 5.32 Å². The number of nitrogens with zero attached hydrogens (tertiary/aromatic N) is 2. The van der Waals surface area contributed by atoms with Crippen LogP contribution in [0.25, 0.3) is 0 Å². The molecule has 0 saturated carbocycles. The van der Waals surface area contributed by atoms with Gasteiger partial charge in [-0.3, -0.25) is 0 Å². The van der Waals surface area contributed by atoms with Crippen LogP contribution in [-0.2, 0) is 6.42 Å². The normalized spacial score (nSPS) is 12.6. The third kappa shape index (κ3) is 4.97. The lowest BCUT2D eigenvalue weighted by Gasteiger charge is -2.17. The fourth-order valence-electron chi connectivity index (χ4n) is 2.20. The van der Waals surface area contributed by atoms with Crippen LogP contribution in [-0.4, -0.2) is 10.2 Å². The van der Waals surface area contributed by atoms with Gasteiger partial charge in [-0.1, -0.05) is 62.3 Å². The first kappa shape index (κ1) is 16.2. The van der Waals surface area contributed by atoms with Crippen molar-refractivity contribution in [2.45, 2.75) is 46.1 Å². The van der Waals surface area contributed by atoms with Crippen LogP contribution in [0.5, 0.6) is 0 Å². The minimum absolute atomic E-state index is 0.257. The van der Waals surface area contributed by atoms with E-state index in [1.807, 2.05) is 12.1 Å². The average molecular weight is 324 g/mol. The van der Waals surface area contributed by atoms with Crippen molar-refractivity contribution < 1.29 is 0 Å². The van der Waals surface area contributed by atoms with Gasteiger partial charge in [0.05, 0.1) is 6.04 Å². The molecule has 114 valence electrons. The summed E-state index contributed by atoms with van der Waals surface area (Å²) in [5.74, 6) is 0.605. The maximum absolute atomic E-state index is 5.96. The Hall–Kier alpha value is -1.13. The van der Waals surface area contributed by atoms with Gasteiger partial charge in [-0.15, -0.1) is 10.2 Å². The Balaban J connectivity index is 2.08. The van der Waals surface area contributed by atoms with Crippen LogP contribution in [0.2, 0.25) is 5.02 Å². The highest BCUT2D eigenvalue weighted by Gasteiger charge is 2.13. The Morgan fingerprint density at radius 1 is 1.19 bits per heavy atom. The zero-order chi connectivity index (χ0) is 15.2. The topological polar surface area (TPSA) is 37.8 Å². The molecule has 2 aromatic rings. The number of aromatic nitrogens is 2. The van der Waals surface area contributed by atoms with Crippen LogP contribution >= 0.6 is 22.9 Å². The molecule has 0 radical (unpaired) electrons. The Morgan fingerprint density at radius 3 is 2.52 bits per heavy atom. The summed E-state index contributed by atoms with van der Waals surface area (Å²) in [6.45, 7) is 6.58. The molecule has 0 fully saturated rings. The Bertz CT molecular complexity index is 551. The summed E-state index contributed by atoms with van der Waals surface area (Å²) in [5, 5.41) is 14.8. The van der Waals surface area contributed by atoms with Gasteiger partial charge in [0, 0.05) is 11.4 Å². The standard InChI is InChI=1S/C16H22ClN3S/c1-4-5-14(12-6-8-13(17)9-7-12)18-16-20-19-15(21-16)10-11(2)3/h6-9,11,14H,4-5,10H2,1-3H3,(H,18,20). The van der Waals surface area contributed by atoms with Crippen molar-refractivity contribution in [3.8, 4) is 0 Å². The van der Waals surface area contributed by atoms with E-state index in [-0.39, 0.29) is 6.04 Å². The zero-order valence-electron chi connectivity index (χ0n) is 12.8. The molecule has 3 nitrogen and oxygen atoms in total. The minimum Gasteiger partial charge on any atom is -0.353 e. The summed E-state index contributed by atoms with van der Waals surface area (Å²) in [6.07, 6.45) is 3.15.